The second-order valence-corrected chi connectivity index (χ2v) is 5.57. The highest BCUT2D eigenvalue weighted by molar-refractivity contribution is 9.10. The SMILES string of the molecule is CCc1nc(C)ccc1Oc1ccc([C@@H](C)O)cc1Br. The summed E-state index contributed by atoms with van der Waals surface area (Å²) in [5.41, 5.74) is 2.77. The normalized spacial score (nSPS) is 12.2. The molecule has 4 heteroatoms. The van der Waals surface area contributed by atoms with E-state index in [1.807, 2.05) is 37.3 Å². The third-order valence-corrected chi connectivity index (χ3v) is 3.68. The number of halogens is 1. The first-order chi connectivity index (χ1) is 9.51. The quantitative estimate of drug-likeness (QED) is 0.890. The summed E-state index contributed by atoms with van der Waals surface area (Å²) >= 11 is 3.48. The Morgan fingerprint density at radius 3 is 2.55 bits per heavy atom. The van der Waals surface area contributed by atoms with Crippen LogP contribution in [0.4, 0.5) is 0 Å². The second kappa shape index (κ2) is 6.37. The lowest BCUT2D eigenvalue weighted by molar-refractivity contribution is 0.199. The molecule has 0 aliphatic carbocycles. The lowest BCUT2D eigenvalue weighted by Crippen LogP contribution is -1.97. The summed E-state index contributed by atoms with van der Waals surface area (Å²) in [6, 6.07) is 9.46. The third kappa shape index (κ3) is 3.38. The van der Waals surface area contributed by atoms with Crippen molar-refractivity contribution in [2.75, 3.05) is 0 Å². The molecule has 106 valence electrons. The molecule has 20 heavy (non-hydrogen) atoms. The number of aromatic nitrogens is 1. The molecule has 0 saturated carbocycles. The minimum Gasteiger partial charge on any atom is -0.454 e. The number of hydrogen-bond donors (Lipinski definition) is 1. The van der Waals surface area contributed by atoms with Crippen LogP contribution in [-0.2, 0) is 6.42 Å². The Labute approximate surface area is 127 Å². The first kappa shape index (κ1) is 15.0. The molecule has 0 unspecified atom stereocenters. The molecule has 0 bridgehead atoms. The Morgan fingerprint density at radius 1 is 1.25 bits per heavy atom. The molecule has 1 heterocycles. The van der Waals surface area contributed by atoms with E-state index in [9.17, 15) is 5.11 Å². The Morgan fingerprint density at radius 2 is 1.95 bits per heavy atom. The molecule has 0 aliphatic heterocycles. The van der Waals surface area contributed by atoms with Crippen LogP contribution < -0.4 is 4.74 Å². The molecule has 0 radical (unpaired) electrons. The molecule has 0 amide bonds. The summed E-state index contributed by atoms with van der Waals surface area (Å²) in [7, 11) is 0. The van der Waals surface area contributed by atoms with Crippen molar-refractivity contribution in [2.24, 2.45) is 0 Å². The van der Waals surface area contributed by atoms with Gasteiger partial charge < -0.3 is 9.84 Å². The van der Waals surface area contributed by atoms with Gasteiger partial charge in [-0.3, -0.25) is 4.98 Å². The van der Waals surface area contributed by atoms with Crippen molar-refractivity contribution in [3.8, 4) is 11.5 Å². The third-order valence-electron chi connectivity index (χ3n) is 3.06. The zero-order valence-corrected chi connectivity index (χ0v) is 13.4. The second-order valence-electron chi connectivity index (χ2n) is 4.72. The number of aliphatic hydroxyl groups excluding tert-OH is 1. The largest absolute Gasteiger partial charge is 0.454 e. The molecule has 1 aromatic heterocycles. The van der Waals surface area contributed by atoms with Gasteiger partial charge in [0.15, 0.2) is 0 Å². The van der Waals surface area contributed by atoms with Crippen LogP contribution >= 0.6 is 15.9 Å². The van der Waals surface area contributed by atoms with Crippen LogP contribution in [-0.4, -0.2) is 10.1 Å². The Bertz CT molecular complexity index is 611. The molecule has 3 nitrogen and oxygen atoms in total. The van der Waals surface area contributed by atoms with Crippen molar-refractivity contribution in [3.05, 3.63) is 51.8 Å². The minimum absolute atomic E-state index is 0.493. The lowest BCUT2D eigenvalue weighted by atomic mass is 10.1. The van der Waals surface area contributed by atoms with Gasteiger partial charge in [0.25, 0.3) is 0 Å². The molecule has 1 N–H and O–H groups in total. The van der Waals surface area contributed by atoms with Gasteiger partial charge in [-0.05, 0) is 66.0 Å². The minimum atomic E-state index is -0.493. The Kier molecular flexibility index (Phi) is 4.78. The fourth-order valence-electron chi connectivity index (χ4n) is 1.92. The van der Waals surface area contributed by atoms with E-state index in [-0.39, 0.29) is 0 Å². The van der Waals surface area contributed by atoms with E-state index in [0.29, 0.717) is 0 Å². The van der Waals surface area contributed by atoms with Crippen LogP contribution in [0.15, 0.2) is 34.8 Å². The van der Waals surface area contributed by atoms with Gasteiger partial charge in [-0.1, -0.05) is 13.0 Å². The standard InChI is InChI=1S/C16H18BrNO2/c1-4-14-16(7-5-10(2)18-14)20-15-8-6-12(11(3)19)9-13(15)17/h5-9,11,19H,4H2,1-3H3/t11-/m1/s1. The fourth-order valence-corrected chi connectivity index (χ4v) is 2.40. The maximum absolute atomic E-state index is 9.57. The van der Waals surface area contributed by atoms with Crippen LogP contribution in [0.2, 0.25) is 0 Å². The van der Waals surface area contributed by atoms with E-state index in [0.717, 1.165) is 39.3 Å². The average Bonchev–Trinajstić information content (AvgIpc) is 2.42. The molecule has 0 saturated heterocycles. The van der Waals surface area contributed by atoms with Crippen molar-refractivity contribution >= 4 is 15.9 Å². The van der Waals surface area contributed by atoms with E-state index >= 15 is 0 Å². The summed E-state index contributed by atoms with van der Waals surface area (Å²) in [6.07, 6.45) is 0.327. The molecular weight excluding hydrogens is 318 g/mol. The molecule has 2 rings (SSSR count). The molecular formula is C16H18BrNO2. The summed E-state index contributed by atoms with van der Waals surface area (Å²) in [5, 5.41) is 9.57. The number of aliphatic hydroxyl groups is 1. The monoisotopic (exact) mass is 335 g/mol. The van der Waals surface area contributed by atoms with Crippen molar-refractivity contribution in [2.45, 2.75) is 33.3 Å². The van der Waals surface area contributed by atoms with E-state index in [2.05, 4.69) is 27.8 Å². The van der Waals surface area contributed by atoms with Gasteiger partial charge in [0, 0.05) is 5.69 Å². The van der Waals surface area contributed by atoms with Gasteiger partial charge in [-0.15, -0.1) is 0 Å². The highest BCUT2D eigenvalue weighted by Crippen LogP contribution is 2.33. The van der Waals surface area contributed by atoms with Crippen molar-refractivity contribution < 1.29 is 9.84 Å². The smallest absolute Gasteiger partial charge is 0.148 e. The van der Waals surface area contributed by atoms with E-state index < -0.39 is 6.10 Å². The predicted molar refractivity (Wildman–Crippen MR) is 83.2 cm³/mol. The Balaban J connectivity index is 2.30. The topological polar surface area (TPSA) is 42.4 Å². The molecule has 0 spiro atoms. The average molecular weight is 336 g/mol. The van der Waals surface area contributed by atoms with Gasteiger partial charge in [-0.2, -0.15) is 0 Å². The highest BCUT2D eigenvalue weighted by atomic mass is 79.9. The molecule has 1 aromatic carbocycles. The van der Waals surface area contributed by atoms with Gasteiger partial charge in [-0.25, -0.2) is 0 Å². The number of nitrogens with zero attached hydrogens (tertiary/aromatic N) is 1. The summed E-state index contributed by atoms with van der Waals surface area (Å²) in [6.45, 7) is 5.76. The predicted octanol–water partition coefficient (Wildman–Crippen LogP) is 4.56. The summed E-state index contributed by atoms with van der Waals surface area (Å²) in [4.78, 5) is 4.48. The number of hydrogen-bond acceptors (Lipinski definition) is 3. The molecule has 1 atom stereocenters. The van der Waals surface area contributed by atoms with Gasteiger partial charge in [0.1, 0.15) is 11.5 Å². The van der Waals surface area contributed by atoms with E-state index in [4.69, 9.17) is 4.74 Å². The van der Waals surface area contributed by atoms with Crippen LogP contribution in [0.1, 0.15) is 36.9 Å². The maximum Gasteiger partial charge on any atom is 0.148 e. The first-order valence-corrected chi connectivity index (χ1v) is 7.42. The number of rotatable bonds is 4. The number of aryl methyl sites for hydroxylation is 2. The molecule has 0 aliphatic rings. The molecule has 0 fully saturated rings. The zero-order chi connectivity index (χ0) is 14.7. The van der Waals surface area contributed by atoms with Crippen molar-refractivity contribution in [1.82, 2.24) is 4.98 Å². The van der Waals surface area contributed by atoms with Crippen LogP contribution in [0.5, 0.6) is 11.5 Å². The van der Waals surface area contributed by atoms with Crippen LogP contribution in [0, 0.1) is 6.92 Å². The van der Waals surface area contributed by atoms with Crippen molar-refractivity contribution in [3.63, 3.8) is 0 Å². The van der Waals surface area contributed by atoms with Crippen molar-refractivity contribution in [1.29, 1.82) is 0 Å². The zero-order valence-electron chi connectivity index (χ0n) is 11.9. The van der Waals surface area contributed by atoms with Gasteiger partial charge >= 0.3 is 0 Å². The van der Waals surface area contributed by atoms with E-state index in [1.54, 1.807) is 6.92 Å². The van der Waals surface area contributed by atoms with Crippen LogP contribution in [0.25, 0.3) is 0 Å². The number of ether oxygens (including phenoxy) is 1. The summed E-state index contributed by atoms with van der Waals surface area (Å²) in [5.74, 6) is 1.48. The maximum atomic E-state index is 9.57. The first-order valence-electron chi connectivity index (χ1n) is 6.63. The van der Waals surface area contributed by atoms with Crippen LogP contribution in [0.3, 0.4) is 0 Å². The lowest BCUT2D eigenvalue weighted by Gasteiger charge is -2.13. The fraction of sp³-hybridized carbons (Fsp3) is 0.312. The summed E-state index contributed by atoms with van der Waals surface area (Å²) < 4.78 is 6.75. The molecule has 2 aromatic rings. The number of benzene rings is 1. The van der Waals surface area contributed by atoms with E-state index in [1.165, 1.54) is 0 Å². The Hall–Kier alpha value is -1.39. The van der Waals surface area contributed by atoms with Gasteiger partial charge in [0.05, 0.1) is 16.3 Å². The number of pyridine rings is 1. The highest BCUT2D eigenvalue weighted by Gasteiger charge is 2.10. The van der Waals surface area contributed by atoms with Gasteiger partial charge in [0.2, 0.25) is 0 Å².